The third kappa shape index (κ3) is 6.48. The molecule has 3 rings (SSSR count). The maximum absolute atomic E-state index is 11.4. The quantitative estimate of drug-likeness (QED) is 0.254. The van der Waals surface area contributed by atoms with Crippen LogP contribution >= 0.6 is 0 Å². The molecule has 5 nitrogen and oxygen atoms in total. The zero-order valence-corrected chi connectivity index (χ0v) is 17.7. The van der Waals surface area contributed by atoms with Crippen molar-refractivity contribution in [2.75, 3.05) is 6.61 Å². The first-order valence-electron chi connectivity index (χ1n) is 11.0. The summed E-state index contributed by atoms with van der Waals surface area (Å²) in [5.41, 5.74) is 2.13. The van der Waals surface area contributed by atoms with Crippen LogP contribution in [-0.2, 0) is 19.1 Å². The molecule has 0 amide bonds. The zero-order valence-electron chi connectivity index (χ0n) is 17.7. The van der Waals surface area contributed by atoms with Crippen molar-refractivity contribution >= 4 is 11.9 Å². The fourth-order valence-corrected chi connectivity index (χ4v) is 3.87. The highest BCUT2D eigenvalue weighted by atomic mass is 16.6. The van der Waals surface area contributed by atoms with Crippen LogP contribution in [0.4, 0.5) is 0 Å². The van der Waals surface area contributed by atoms with Crippen LogP contribution in [0.1, 0.15) is 75.9 Å². The lowest BCUT2D eigenvalue weighted by Gasteiger charge is -2.11. The lowest BCUT2D eigenvalue weighted by molar-refractivity contribution is -0.140. The van der Waals surface area contributed by atoms with E-state index in [-0.39, 0.29) is 24.1 Å². The molecule has 2 heterocycles. The summed E-state index contributed by atoms with van der Waals surface area (Å²) < 4.78 is 16.4. The highest BCUT2D eigenvalue weighted by Crippen LogP contribution is 2.32. The number of rotatable bonds is 12. The molecule has 2 aliphatic rings. The number of esters is 2. The largest absolute Gasteiger partial charge is 0.494 e. The van der Waals surface area contributed by atoms with E-state index in [0.29, 0.717) is 30.6 Å². The van der Waals surface area contributed by atoms with E-state index in [1.807, 2.05) is 24.3 Å². The van der Waals surface area contributed by atoms with E-state index in [9.17, 15) is 9.59 Å². The van der Waals surface area contributed by atoms with Gasteiger partial charge in [-0.05, 0) is 37.0 Å². The fraction of sp³-hybridized carbons (Fsp3) is 0.520. The predicted molar refractivity (Wildman–Crippen MR) is 115 cm³/mol. The van der Waals surface area contributed by atoms with Crippen LogP contribution < -0.4 is 4.74 Å². The molecule has 0 radical (unpaired) electrons. The number of ether oxygens (including phenoxy) is 3. The lowest BCUT2D eigenvalue weighted by atomic mass is 10.0. The summed E-state index contributed by atoms with van der Waals surface area (Å²) >= 11 is 0. The number of hydrogen-bond acceptors (Lipinski definition) is 5. The molecule has 1 aromatic rings. The van der Waals surface area contributed by atoms with Gasteiger partial charge >= 0.3 is 11.9 Å². The minimum absolute atomic E-state index is 0.0591. The third-order valence-corrected chi connectivity index (χ3v) is 5.70. The first-order chi connectivity index (χ1) is 14.5. The Kier molecular flexibility index (Phi) is 8.12. The van der Waals surface area contributed by atoms with Crippen LogP contribution in [0.5, 0.6) is 5.75 Å². The highest BCUT2D eigenvalue weighted by Gasteiger charge is 2.28. The van der Waals surface area contributed by atoms with Gasteiger partial charge in [-0.1, -0.05) is 57.4 Å². The highest BCUT2D eigenvalue weighted by molar-refractivity contribution is 5.90. The van der Waals surface area contributed by atoms with E-state index in [4.69, 9.17) is 14.2 Å². The van der Waals surface area contributed by atoms with Gasteiger partial charge in [-0.3, -0.25) is 0 Å². The van der Waals surface area contributed by atoms with Crippen molar-refractivity contribution in [1.29, 1.82) is 0 Å². The number of benzene rings is 1. The summed E-state index contributed by atoms with van der Waals surface area (Å²) in [7, 11) is 0. The smallest absolute Gasteiger partial charge is 0.334 e. The monoisotopic (exact) mass is 412 g/mol. The maximum Gasteiger partial charge on any atom is 0.334 e. The number of hydrogen-bond donors (Lipinski definition) is 0. The molecule has 2 unspecified atom stereocenters. The number of unbranched alkanes of at least 4 members (excludes halogenated alkanes) is 6. The van der Waals surface area contributed by atoms with Gasteiger partial charge in [0.1, 0.15) is 18.0 Å². The van der Waals surface area contributed by atoms with Crippen molar-refractivity contribution in [3.8, 4) is 5.75 Å². The number of carbonyl (C=O) groups is 2. The summed E-state index contributed by atoms with van der Waals surface area (Å²) in [6.07, 6.45) is 10.2. The third-order valence-electron chi connectivity index (χ3n) is 5.70. The van der Waals surface area contributed by atoms with E-state index in [1.165, 1.54) is 25.7 Å². The van der Waals surface area contributed by atoms with E-state index in [2.05, 4.69) is 13.2 Å². The molecule has 1 aromatic carbocycles. The van der Waals surface area contributed by atoms with E-state index >= 15 is 0 Å². The minimum Gasteiger partial charge on any atom is -0.494 e. The van der Waals surface area contributed by atoms with Crippen LogP contribution in [-0.4, -0.2) is 24.6 Å². The van der Waals surface area contributed by atoms with Gasteiger partial charge in [0.25, 0.3) is 0 Å². The Morgan fingerprint density at radius 2 is 1.40 bits per heavy atom. The van der Waals surface area contributed by atoms with Crippen LogP contribution in [0, 0.1) is 0 Å². The average Bonchev–Trinajstić information content (AvgIpc) is 3.24. The normalized spacial score (nSPS) is 21.1. The summed E-state index contributed by atoms with van der Waals surface area (Å²) in [6.45, 7) is 8.15. The van der Waals surface area contributed by atoms with Crippen molar-refractivity contribution in [1.82, 2.24) is 0 Å². The van der Waals surface area contributed by atoms with Gasteiger partial charge < -0.3 is 14.2 Å². The molecule has 2 aliphatic heterocycles. The molecule has 0 aliphatic carbocycles. The first-order valence-corrected chi connectivity index (χ1v) is 11.0. The predicted octanol–water partition coefficient (Wildman–Crippen LogP) is 5.60. The Morgan fingerprint density at radius 1 is 0.800 bits per heavy atom. The van der Waals surface area contributed by atoms with Gasteiger partial charge in [0.2, 0.25) is 0 Å². The molecule has 5 heteroatoms. The second-order valence-electron chi connectivity index (χ2n) is 8.22. The van der Waals surface area contributed by atoms with Gasteiger partial charge in [-0.2, -0.15) is 0 Å². The maximum atomic E-state index is 11.4. The lowest BCUT2D eigenvalue weighted by Crippen LogP contribution is -2.06. The van der Waals surface area contributed by atoms with Gasteiger partial charge in [0.05, 0.1) is 6.61 Å². The van der Waals surface area contributed by atoms with Crippen LogP contribution in [0.15, 0.2) is 48.6 Å². The van der Waals surface area contributed by atoms with Crippen molar-refractivity contribution in [3.05, 3.63) is 54.1 Å². The summed E-state index contributed by atoms with van der Waals surface area (Å²) in [5.74, 6) is 0.326. The average molecular weight is 413 g/mol. The number of carbonyl (C=O) groups excluding carboxylic acids is 2. The minimum atomic E-state index is -0.300. The van der Waals surface area contributed by atoms with Crippen LogP contribution in [0.2, 0.25) is 0 Å². The van der Waals surface area contributed by atoms with Crippen molar-refractivity contribution in [3.63, 3.8) is 0 Å². The second-order valence-corrected chi connectivity index (χ2v) is 8.22. The molecule has 2 fully saturated rings. The van der Waals surface area contributed by atoms with Gasteiger partial charge in [0.15, 0.2) is 0 Å². The molecule has 0 N–H and O–H groups in total. The van der Waals surface area contributed by atoms with Crippen molar-refractivity contribution < 1.29 is 23.8 Å². The standard InChI is InChI=1S/C25H32O5/c1-18-16-22(29-24(18)26)10-8-6-4-3-5-7-9-15-28-21-13-11-20(12-14-21)23-17-19(2)25(27)30-23/h11-14,22-23H,1-10,15-17H2. The van der Waals surface area contributed by atoms with E-state index < -0.39 is 0 Å². The summed E-state index contributed by atoms with van der Waals surface area (Å²) in [5, 5.41) is 0. The molecule has 0 spiro atoms. The summed E-state index contributed by atoms with van der Waals surface area (Å²) in [6, 6.07) is 7.77. The SMILES string of the molecule is C=C1CC(CCCCCCCCCOc2ccc(C3CC(=C)C(=O)O3)cc2)OC1=O. The second kappa shape index (κ2) is 11.0. The zero-order chi connectivity index (χ0) is 21.3. The Hall–Kier alpha value is -2.56. The van der Waals surface area contributed by atoms with Crippen molar-refractivity contribution in [2.45, 2.75) is 76.4 Å². The molecule has 162 valence electrons. The Bertz CT molecular complexity index is 732. The van der Waals surface area contributed by atoms with Crippen LogP contribution in [0.25, 0.3) is 0 Å². The van der Waals surface area contributed by atoms with Gasteiger partial charge in [0, 0.05) is 24.0 Å². The fourth-order valence-electron chi connectivity index (χ4n) is 3.87. The molecule has 2 atom stereocenters. The molecular weight excluding hydrogens is 380 g/mol. The van der Waals surface area contributed by atoms with Gasteiger partial charge in [-0.25, -0.2) is 9.59 Å². The summed E-state index contributed by atoms with van der Waals surface area (Å²) in [4.78, 5) is 22.7. The van der Waals surface area contributed by atoms with Gasteiger partial charge in [-0.15, -0.1) is 0 Å². The molecule has 0 saturated carbocycles. The van der Waals surface area contributed by atoms with E-state index in [0.717, 1.165) is 37.0 Å². The topological polar surface area (TPSA) is 61.8 Å². The molecule has 30 heavy (non-hydrogen) atoms. The van der Waals surface area contributed by atoms with E-state index in [1.54, 1.807) is 0 Å². The molecule has 0 bridgehead atoms. The van der Waals surface area contributed by atoms with Crippen LogP contribution in [0.3, 0.4) is 0 Å². The molecular formula is C25H32O5. The Morgan fingerprint density at radius 3 is 2.00 bits per heavy atom. The van der Waals surface area contributed by atoms with Crippen molar-refractivity contribution in [2.24, 2.45) is 0 Å². The number of cyclic esters (lactones) is 2. The first kappa shape index (κ1) is 22.1. The Labute approximate surface area is 179 Å². The molecule has 2 saturated heterocycles. The Balaban J connectivity index is 1.17. The molecule has 0 aromatic heterocycles.